The number of carbonyl (C=O) groups excluding carboxylic acids is 1. The van der Waals surface area contributed by atoms with Crippen molar-refractivity contribution in [3.8, 4) is 0 Å². The third-order valence-corrected chi connectivity index (χ3v) is 4.34. The molecule has 1 atom stereocenters. The fourth-order valence-corrected chi connectivity index (χ4v) is 2.94. The Morgan fingerprint density at radius 3 is 2.84 bits per heavy atom. The van der Waals surface area contributed by atoms with Crippen molar-refractivity contribution in [2.45, 2.75) is 32.5 Å². The topological polar surface area (TPSA) is 41.6 Å². The Morgan fingerprint density at radius 1 is 1.28 bits per heavy atom. The van der Waals surface area contributed by atoms with E-state index >= 15 is 0 Å². The summed E-state index contributed by atoms with van der Waals surface area (Å²) in [5, 5.41) is 2.92. The highest BCUT2D eigenvalue weighted by Gasteiger charge is 2.24. The number of hydrogen-bond acceptors (Lipinski definition) is 2. The number of likely N-dealkylation sites (tertiary alicyclic amines) is 1. The summed E-state index contributed by atoms with van der Waals surface area (Å²) in [5.74, 6) is -0.260. The van der Waals surface area contributed by atoms with Gasteiger partial charge in [0.15, 0.2) is 0 Å². The first-order valence-corrected chi connectivity index (χ1v) is 8.59. The average molecular weight is 342 g/mol. The molecule has 5 heteroatoms. The van der Waals surface area contributed by atoms with E-state index in [4.69, 9.17) is 4.74 Å². The number of hydrogen-bond donors (Lipinski definition) is 1. The number of aryl methyl sites for hydroxylation is 1. The molecular weight excluding hydrogens is 319 g/mol. The summed E-state index contributed by atoms with van der Waals surface area (Å²) in [6.07, 6.45) is 1.78. The molecule has 25 heavy (non-hydrogen) atoms. The van der Waals surface area contributed by atoms with Crippen LogP contribution in [0.4, 0.5) is 14.9 Å². The van der Waals surface area contributed by atoms with Gasteiger partial charge in [0, 0.05) is 18.8 Å². The van der Waals surface area contributed by atoms with E-state index in [9.17, 15) is 9.18 Å². The smallest absolute Gasteiger partial charge is 0.321 e. The van der Waals surface area contributed by atoms with Gasteiger partial charge in [-0.3, -0.25) is 0 Å². The van der Waals surface area contributed by atoms with Gasteiger partial charge in [0.25, 0.3) is 0 Å². The van der Waals surface area contributed by atoms with Crippen molar-refractivity contribution >= 4 is 11.7 Å². The van der Waals surface area contributed by atoms with E-state index in [2.05, 4.69) is 5.32 Å². The molecule has 0 radical (unpaired) electrons. The summed E-state index contributed by atoms with van der Waals surface area (Å²) < 4.78 is 19.1. The number of carbonyl (C=O) groups is 1. The number of nitrogens with one attached hydrogen (secondary N) is 1. The number of urea groups is 1. The molecule has 1 saturated heterocycles. The maximum Gasteiger partial charge on any atom is 0.321 e. The molecule has 2 amide bonds. The minimum absolute atomic E-state index is 0.0271. The Balaban J connectivity index is 1.51. The lowest BCUT2D eigenvalue weighted by Gasteiger charge is -2.32. The van der Waals surface area contributed by atoms with Crippen molar-refractivity contribution in [1.29, 1.82) is 0 Å². The van der Waals surface area contributed by atoms with Gasteiger partial charge in [0.1, 0.15) is 5.82 Å². The van der Waals surface area contributed by atoms with Crippen LogP contribution < -0.4 is 5.32 Å². The molecule has 3 rings (SSSR count). The maximum absolute atomic E-state index is 13.2. The molecule has 132 valence electrons. The van der Waals surface area contributed by atoms with Crippen LogP contribution in [-0.2, 0) is 11.3 Å². The molecule has 1 fully saturated rings. The summed E-state index contributed by atoms with van der Waals surface area (Å²) in [4.78, 5) is 14.2. The third kappa shape index (κ3) is 5.03. The Bertz CT molecular complexity index is 718. The van der Waals surface area contributed by atoms with Crippen LogP contribution in [0.3, 0.4) is 0 Å². The molecule has 2 aromatic rings. The Kier molecular flexibility index (Phi) is 5.66. The number of rotatable bonds is 4. The van der Waals surface area contributed by atoms with Gasteiger partial charge in [0.05, 0.1) is 12.7 Å². The van der Waals surface area contributed by atoms with E-state index in [0.29, 0.717) is 13.2 Å². The highest BCUT2D eigenvalue weighted by molar-refractivity contribution is 5.89. The lowest BCUT2D eigenvalue weighted by molar-refractivity contribution is 0.000934. The van der Waals surface area contributed by atoms with Crippen molar-refractivity contribution in [1.82, 2.24) is 4.90 Å². The van der Waals surface area contributed by atoms with Gasteiger partial charge in [-0.05, 0) is 49.6 Å². The zero-order valence-electron chi connectivity index (χ0n) is 14.4. The SMILES string of the molecule is Cc1ccc(NC(=O)N2CCC[C@H](OCc3cccc(F)c3)C2)cc1. The Labute approximate surface area is 147 Å². The monoisotopic (exact) mass is 342 g/mol. The number of benzene rings is 2. The van der Waals surface area contributed by atoms with E-state index in [1.165, 1.54) is 12.1 Å². The molecule has 1 aliphatic heterocycles. The molecule has 0 unspecified atom stereocenters. The molecule has 1 aliphatic rings. The largest absolute Gasteiger partial charge is 0.372 e. The first kappa shape index (κ1) is 17.4. The van der Waals surface area contributed by atoms with Crippen LogP contribution in [0.1, 0.15) is 24.0 Å². The van der Waals surface area contributed by atoms with Gasteiger partial charge in [-0.15, -0.1) is 0 Å². The van der Waals surface area contributed by atoms with Crippen LogP contribution in [0.2, 0.25) is 0 Å². The van der Waals surface area contributed by atoms with Crippen LogP contribution in [-0.4, -0.2) is 30.1 Å². The van der Waals surface area contributed by atoms with Crippen molar-refractivity contribution in [2.24, 2.45) is 0 Å². The molecule has 0 bridgehead atoms. The van der Waals surface area contributed by atoms with Crippen molar-refractivity contribution in [2.75, 3.05) is 18.4 Å². The molecule has 0 aromatic heterocycles. The molecule has 2 aromatic carbocycles. The van der Waals surface area contributed by atoms with Gasteiger partial charge in [-0.25, -0.2) is 9.18 Å². The Hall–Kier alpha value is -2.40. The first-order chi connectivity index (χ1) is 12.1. The van der Waals surface area contributed by atoms with E-state index in [1.807, 2.05) is 37.3 Å². The van der Waals surface area contributed by atoms with E-state index in [-0.39, 0.29) is 18.0 Å². The summed E-state index contributed by atoms with van der Waals surface area (Å²) >= 11 is 0. The zero-order chi connectivity index (χ0) is 17.6. The van der Waals surface area contributed by atoms with E-state index < -0.39 is 0 Å². The van der Waals surface area contributed by atoms with Crippen LogP contribution >= 0.6 is 0 Å². The number of piperidine rings is 1. The normalized spacial score (nSPS) is 17.4. The molecule has 1 heterocycles. The lowest BCUT2D eigenvalue weighted by atomic mass is 10.1. The van der Waals surface area contributed by atoms with Gasteiger partial charge < -0.3 is 15.0 Å². The van der Waals surface area contributed by atoms with Gasteiger partial charge >= 0.3 is 6.03 Å². The van der Waals surface area contributed by atoms with E-state index in [1.54, 1.807) is 11.0 Å². The molecule has 0 spiro atoms. The summed E-state index contributed by atoms with van der Waals surface area (Å²) in [5.41, 5.74) is 2.75. The second-order valence-electron chi connectivity index (χ2n) is 6.45. The summed E-state index contributed by atoms with van der Waals surface area (Å²) in [6, 6.07) is 14.0. The number of anilines is 1. The highest BCUT2D eigenvalue weighted by atomic mass is 19.1. The molecule has 0 aliphatic carbocycles. The van der Waals surface area contributed by atoms with Crippen LogP contribution in [0.5, 0.6) is 0 Å². The number of nitrogens with zero attached hydrogens (tertiary/aromatic N) is 1. The minimum atomic E-state index is -0.260. The number of halogens is 1. The molecule has 1 N–H and O–H groups in total. The maximum atomic E-state index is 13.2. The van der Waals surface area contributed by atoms with Crippen LogP contribution in [0.15, 0.2) is 48.5 Å². The van der Waals surface area contributed by atoms with Gasteiger partial charge in [-0.2, -0.15) is 0 Å². The quantitative estimate of drug-likeness (QED) is 0.898. The number of amides is 2. The zero-order valence-corrected chi connectivity index (χ0v) is 14.4. The molecule has 4 nitrogen and oxygen atoms in total. The fourth-order valence-electron chi connectivity index (χ4n) is 2.94. The Morgan fingerprint density at radius 2 is 2.08 bits per heavy atom. The summed E-state index contributed by atoms with van der Waals surface area (Å²) in [7, 11) is 0. The second-order valence-corrected chi connectivity index (χ2v) is 6.45. The predicted molar refractivity (Wildman–Crippen MR) is 96.0 cm³/mol. The minimum Gasteiger partial charge on any atom is -0.372 e. The van der Waals surface area contributed by atoms with Crippen LogP contribution in [0, 0.1) is 12.7 Å². The average Bonchev–Trinajstić information content (AvgIpc) is 2.62. The van der Waals surface area contributed by atoms with Crippen molar-refractivity contribution in [3.05, 3.63) is 65.5 Å². The first-order valence-electron chi connectivity index (χ1n) is 8.59. The number of ether oxygens (including phenoxy) is 1. The lowest BCUT2D eigenvalue weighted by Crippen LogP contribution is -2.45. The van der Waals surface area contributed by atoms with Crippen LogP contribution in [0.25, 0.3) is 0 Å². The van der Waals surface area contributed by atoms with Gasteiger partial charge in [-0.1, -0.05) is 29.8 Å². The van der Waals surface area contributed by atoms with Crippen molar-refractivity contribution in [3.63, 3.8) is 0 Å². The van der Waals surface area contributed by atoms with E-state index in [0.717, 1.165) is 36.2 Å². The fraction of sp³-hybridized carbons (Fsp3) is 0.350. The third-order valence-electron chi connectivity index (χ3n) is 4.34. The molecular formula is C20H23FN2O2. The summed E-state index contributed by atoms with van der Waals surface area (Å²) in [6.45, 7) is 3.64. The molecule has 0 saturated carbocycles. The standard InChI is InChI=1S/C20H23FN2O2/c1-15-7-9-18(10-8-15)22-20(24)23-11-3-6-19(13-23)25-14-16-4-2-5-17(21)12-16/h2,4-5,7-10,12,19H,3,6,11,13-14H2,1H3,(H,22,24)/t19-/m0/s1. The van der Waals surface area contributed by atoms with Gasteiger partial charge in [0.2, 0.25) is 0 Å². The predicted octanol–water partition coefficient (Wildman–Crippen LogP) is 4.35. The highest BCUT2D eigenvalue weighted by Crippen LogP contribution is 2.17. The second kappa shape index (κ2) is 8.12. The van der Waals surface area contributed by atoms with Crippen molar-refractivity contribution < 1.29 is 13.9 Å².